The van der Waals surface area contributed by atoms with Crippen molar-refractivity contribution < 1.29 is 0 Å². The third-order valence-electron chi connectivity index (χ3n) is 8.94. The molecule has 200 valence electrons. The molecule has 0 aliphatic rings. The molecule has 0 saturated heterocycles. The Morgan fingerprint density at radius 1 is 0.279 bits per heavy atom. The van der Waals surface area contributed by atoms with Crippen LogP contribution in [0.25, 0.3) is 82.1 Å². The van der Waals surface area contributed by atoms with E-state index in [9.17, 15) is 0 Å². The molecule has 43 heavy (non-hydrogen) atoms. The van der Waals surface area contributed by atoms with E-state index in [1.165, 1.54) is 82.1 Å². The van der Waals surface area contributed by atoms with Gasteiger partial charge in [0.15, 0.2) is 0 Å². The van der Waals surface area contributed by atoms with Gasteiger partial charge in [0.2, 0.25) is 0 Å². The second kappa shape index (κ2) is 9.44. The first-order valence-corrected chi connectivity index (χ1v) is 14.8. The largest absolute Gasteiger partial charge is 0.309 e. The minimum atomic E-state index is 1.18. The summed E-state index contributed by atoms with van der Waals surface area (Å²) in [5, 5.41) is 10.2. The first-order valence-electron chi connectivity index (χ1n) is 14.8. The molecule has 1 heteroatoms. The van der Waals surface area contributed by atoms with Crippen LogP contribution in [0.5, 0.6) is 0 Å². The maximum Gasteiger partial charge on any atom is 0.0541 e. The summed E-state index contributed by atoms with van der Waals surface area (Å²) in [4.78, 5) is 0. The average Bonchev–Trinajstić information content (AvgIpc) is 3.41. The van der Waals surface area contributed by atoms with E-state index >= 15 is 0 Å². The second-order valence-corrected chi connectivity index (χ2v) is 11.4. The average molecular weight is 546 g/mol. The van der Waals surface area contributed by atoms with Crippen molar-refractivity contribution in [2.24, 2.45) is 0 Å². The fourth-order valence-corrected chi connectivity index (χ4v) is 6.82. The van der Waals surface area contributed by atoms with E-state index in [1.807, 2.05) is 0 Å². The molecular weight excluding hydrogens is 518 g/mol. The highest BCUT2D eigenvalue weighted by molar-refractivity contribution is 6.11. The Balaban J connectivity index is 1.17. The smallest absolute Gasteiger partial charge is 0.0541 e. The van der Waals surface area contributed by atoms with Crippen molar-refractivity contribution in [2.75, 3.05) is 0 Å². The number of benzene rings is 8. The third-order valence-corrected chi connectivity index (χ3v) is 8.94. The molecule has 0 bridgehead atoms. The summed E-state index contributed by atoms with van der Waals surface area (Å²) in [6, 6.07) is 59.9. The van der Waals surface area contributed by atoms with Gasteiger partial charge in [-0.3, -0.25) is 0 Å². The summed E-state index contributed by atoms with van der Waals surface area (Å²) >= 11 is 0. The number of rotatable bonds is 3. The zero-order valence-corrected chi connectivity index (χ0v) is 23.5. The lowest BCUT2D eigenvalue weighted by molar-refractivity contribution is 1.19. The quantitative estimate of drug-likeness (QED) is 0.195. The van der Waals surface area contributed by atoms with E-state index in [2.05, 4.69) is 168 Å². The molecule has 9 aromatic rings. The van der Waals surface area contributed by atoms with Crippen molar-refractivity contribution in [2.45, 2.75) is 0 Å². The van der Waals surface area contributed by atoms with E-state index in [4.69, 9.17) is 0 Å². The first-order chi connectivity index (χ1) is 21.3. The lowest BCUT2D eigenvalue weighted by Crippen LogP contribution is -1.93. The molecule has 8 aromatic carbocycles. The van der Waals surface area contributed by atoms with Gasteiger partial charge in [-0.05, 0) is 97.0 Å². The molecule has 9 rings (SSSR count). The number of aromatic nitrogens is 1. The summed E-state index contributed by atoms with van der Waals surface area (Å²) < 4.78 is 2.40. The van der Waals surface area contributed by atoms with Gasteiger partial charge < -0.3 is 4.57 Å². The fraction of sp³-hybridized carbons (Fsp3) is 0. The molecule has 0 atom stereocenters. The zero-order chi connectivity index (χ0) is 28.3. The van der Waals surface area contributed by atoms with Crippen LogP contribution in [0.3, 0.4) is 0 Å². The van der Waals surface area contributed by atoms with Crippen LogP contribution in [-0.2, 0) is 0 Å². The van der Waals surface area contributed by atoms with E-state index in [0.29, 0.717) is 0 Å². The summed E-state index contributed by atoms with van der Waals surface area (Å²) in [5.41, 5.74) is 8.54. The number of fused-ring (bicyclic) bond motifs is 7. The van der Waals surface area contributed by atoms with Crippen LogP contribution in [-0.4, -0.2) is 4.57 Å². The van der Waals surface area contributed by atoms with Gasteiger partial charge in [0.1, 0.15) is 0 Å². The van der Waals surface area contributed by atoms with Crippen molar-refractivity contribution in [3.8, 4) is 27.9 Å². The van der Waals surface area contributed by atoms with Gasteiger partial charge in [0, 0.05) is 16.5 Å². The van der Waals surface area contributed by atoms with Crippen LogP contribution in [0, 0.1) is 0 Å². The molecule has 0 saturated carbocycles. The van der Waals surface area contributed by atoms with Crippen LogP contribution < -0.4 is 0 Å². The molecule has 0 unspecified atom stereocenters. The molecule has 0 aliphatic heterocycles. The summed E-state index contributed by atoms with van der Waals surface area (Å²) in [6.07, 6.45) is 0. The second-order valence-electron chi connectivity index (χ2n) is 11.4. The Morgan fingerprint density at radius 3 is 1.77 bits per heavy atom. The van der Waals surface area contributed by atoms with Gasteiger partial charge in [-0.1, -0.05) is 121 Å². The van der Waals surface area contributed by atoms with Gasteiger partial charge in [-0.2, -0.15) is 0 Å². The van der Waals surface area contributed by atoms with Crippen molar-refractivity contribution in [1.82, 2.24) is 4.57 Å². The molecule has 1 nitrogen and oxygen atoms in total. The number of nitrogens with zero attached hydrogens (tertiary/aromatic N) is 1. The van der Waals surface area contributed by atoms with Crippen molar-refractivity contribution in [3.05, 3.63) is 164 Å². The molecule has 1 heterocycles. The predicted octanol–water partition coefficient (Wildman–Crippen LogP) is 11.6. The standard InChI is InChI=1S/C42H27N/c1-2-10-32-26-36(21-18-28(32)8-1)43-41-15-6-5-14-39(41)40-27-34(20-23-42(40)43)31-12-7-11-30(24-31)33-19-22-38-35(25-33)17-16-29-9-3-4-13-37(29)38/h1-27H. The minimum Gasteiger partial charge on any atom is -0.309 e. The molecule has 0 spiro atoms. The summed E-state index contributed by atoms with van der Waals surface area (Å²) in [7, 11) is 0. The van der Waals surface area contributed by atoms with E-state index in [-0.39, 0.29) is 0 Å². The van der Waals surface area contributed by atoms with Gasteiger partial charge in [-0.25, -0.2) is 0 Å². The topological polar surface area (TPSA) is 4.93 Å². The molecule has 0 fully saturated rings. The monoisotopic (exact) mass is 545 g/mol. The summed E-state index contributed by atoms with van der Waals surface area (Å²) in [6.45, 7) is 0. The first kappa shape index (κ1) is 24.0. The molecule has 0 N–H and O–H groups in total. The normalized spacial score (nSPS) is 11.7. The van der Waals surface area contributed by atoms with Crippen LogP contribution in [0.2, 0.25) is 0 Å². The van der Waals surface area contributed by atoms with Gasteiger partial charge >= 0.3 is 0 Å². The number of hydrogen-bond donors (Lipinski definition) is 0. The Labute approximate surface area is 249 Å². The van der Waals surface area contributed by atoms with Gasteiger partial charge in [0.25, 0.3) is 0 Å². The zero-order valence-electron chi connectivity index (χ0n) is 23.5. The Bertz CT molecular complexity index is 2510. The highest BCUT2D eigenvalue weighted by Crippen LogP contribution is 2.37. The molecular formula is C42H27N. The van der Waals surface area contributed by atoms with Gasteiger partial charge in [0.05, 0.1) is 11.0 Å². The van der Waals surface area contributed by atoms with E-state index < -0.39 is 0 Å². The van der Waals surface area contributed by atoms with Crippen molar-refractivity contribution >= 4 is 54.1 Å². The number of hydrogen-bond acceptors (Lipinski definition) is 0. The maximum atomic E-state index is 2.40. The van der Waals surface area contributed by atoms with Crippen LogP contribution in [0.4, 0.5) is 0 Å². The van der Waals surface area contributed by atoms with Gasteiger partial charge in [-0.15, -0.1) is 0 Å². The third kappa shape index (κ3) is 3.86. The van der Waals surface area contributed by atoms with E-state index in [0.717, 1.165) is 0 Å². The van der Waals surface area contributed by atoms with Crippen LogP contribution in [0.15, 0.2) is 164 Å². The Kier molecular flexibility index (Phi) is 5.27. The fourth-order valence-electron chi connectivity index (χ4n) is 6.82. The molecule has 1 aromatic heterocycles. The highest BCUT2D eigenvalue weighted by Gasteiger charge is 2.14. The Hall–Kier alpha value is -5.66. The lowest BCUT2D eigenvalue weighted by atomic mass is 9.95. The minimum absolute atomic E-state index is 1.18. The van der Waals surface area contributed by atoms with Crippen molar-refractivity contribution in [3.63, 3.8) is 0 Å². The van der Waals surface area contributed by atoms with E-state index in [1.54, 1.807) is 0 Å². The SMILES string of the molecule is c1cc(-c2ccc3c(ccc4ccccc43)c2)cc(-c2ccc3c(c2)c2ccccc2n3-c2ccc3ccccc3c2)c1. The maximum absolute atomic E-state index is 2.40. The molecule has 0 amide bonds. The summed E-state index contributed by atoms with van der Waals surface area (Å²) in [5.74, 6) is 0. The highest BCUT2D eigenvalue weighted by atomic mass is 15.0. The molecule has 0 aliphatic carbocycles. The number of para-hydroxylation sites is 1. The van der Waals surface area contributed by atoms with Crippen molar-refractivity contribution in [1.29, 1.82) is 0 Å². The van der Waals surface area contributed by atoms with Crippen LogP contribution >= 0.6 is 0 Å². The molecule has 0 radical (unpaired) electrons. The predicted molar refractivity (Wildman–Crippen MR) is 184 cm³/mol. The lowest BCUT2D eigenvalue weighted by Gasteiger charge is -2.11. The van der Waals surface area contributed by atoms with Crippen LogP contribution in [0.1, 0.15) is 0 Å². The Morgan fingerprint density at radius 2 is 0.884 bits per heavy atom.